The molecular weight excluding hydrogens is 473 g/mol. The van der Waals surface area contributed by atoms with Crippen LogP contribution in [0.1, 0.15) is 21.5 Å². The van der Waals surface area contributed by atoms with Crippen molar-refractivity contribution in [2.75, 3.05) is 6.61 Å². The number of ether oxygens (including phenoxy) is 2. The smallest absolute Gasteiger partial charge is 0.333 e. The Morgan fingerprint density at radius 1 is 0.886 bits per heavy atom. The first-order valence-electron chi connectivity index (χ1n) is 10.6. The third-order valence-corrected chi connectivity index (χ3v) is 6.44. The number of halogens is 1. The molecule has 1 N–H and O–H groups in total. The molecule has 0 saturated carbocycles. The second-order valence-electron chi connectivity index (χ2n) is 7.74. The third-order valence-electron chi connectivity index (χ3n) is 5.31. The number of carbonyl (C=O) groups is 4. The molecule has 1 aliphatic heterocycles. The van der Waals surface area contributed by atoms with Crippen molar-refractivity contribution >= 4 is 34.7 Å². The van der Waals surface area contributed by atoms with Crippen LogP contribution in [0.4, 0.5) is 9.18 Å². The summed E-state index contributed by atoms with van der Waals surface area (Å²) >= 11 is 0.591. The maximum absolute atomic E-state index is 13.8. The topological polar surface area (TPSA) is 98.8 Å². The highest BCUT2D eigenvalue weighted by Crippen LogP contribution is 2.37. The van der Waals surface area contributed by atoms with Gasteiger partial charge in [0.05, 0.1) is 5.56 Å². The number of rotatable bonds is 9. The van der Waals surface area contributed by atoms with Gasteiger partial charge in [0.25, 0.3) is 11.1 Å². The van der Waals surface area contributed by atoms with Crippen LogP contribution in [0.25, 0.3) is 0 Å². The quantitative estimate of drug-likeness (QED) is 0.272. The van der Waals surface area contributed by atoms with Gasteiger partial charge in [-0.2, -0.15) is 0 Å². The number of nitrogens with one attached hydrogen (secondary N) is 1. The minimum Gasteiger partial charge on any atom is -0.485 e. The van der Waals surface area contributed by atoms with Crippen LogP contribution >= 0.6 is 11.8 Å². The summed E-state index contributed by atoms with van der Waals surface area (Å²) in [5.41, 5.74) is 1.26. The van der Waals surface area contributed by atoms with Crippen molar-refractivity contribution < 1.29 is 33.0 Å². The molecule has 3 aromatic rings. The Balaban J connectivity index is 1.42. The van der Waals surface area contributed by atoms with E-state index in [2.05, 4.69) is 5.32 Å². The largest absolute Gasteiger partial charge is 0.485 e. The molecule has 2 amide bonds. The van der Waals surface area contributed by atoms with Crippen LogP contribution in [0, 0.1) is 5.82 Å². The molecular formula is C26H20FNO6S. The summed E-state index contributed by atoms with van der Waals surface area (Å²) in [6.45, 7) is -0.394. The van der Waals surface area contributed by atoms with Crippen molar-refractivity contribution in [3.8, 4) is 5.75 Å². The highest BCUT2D eigenvalue weighted by molar-refractivity contribution is 8.16. The van der Waals surface area contributed by atoms with E-state index in [9.17, 15) is 23.6 Å². The first-order valence-corrected chi connectivity index (χ1v) is 11.4. The number of thioether (sulfide) groups is 1. The second kappa shape index (κ2) is 10.5. The molecule has 9 heteroatoms. The number of ketones is 1. The van der Waals surface area contributed by atoms with E-state index in [0.717, 1.165) is 5.56 Å². The maximum Gasteiger partial charge on any atom is 0.333 e. The lowest BCUT2D eigenvalue weighted by Crippen LogP contribution is -2.46. The molecule has 35 heavy (non-hydrogen) atoms. The fourth-order valence-electron chi connectivity index (χ4n) is 3.49. The molecule has 3 aromatic carbocycles. The van der Waals surface area contributed by atoms with Gasteiger partial charge in [0, 0.05) is 6.42 Å². The van der Waals surface area contributed by atoms with E-state index in [4.69, 9.17) is 9.47 Å². The first-order chi connectivity index (χ1) is 16.9. The number of imide groups is 1. The number of hydrogen-bond acceptors (Lipinski definition) is 7. The monoisotopic (exact) mass is 493 g/mol. The number of esters is 1. The summed E-state index contributed by atoms with van der Waals surface area (Å²) in [7, 11) is 0. The van der Waals surface area contributed by atoms with Gasteiger partial charge >= 0.3 is 5.97 Å². The lowest BCUT2D eigenvalue weighted by atomic mass is 9.97. The van der Waals surface area contributed by atoms with Gasteiger partial charge in [-0.25, -0.2) is 9.18 Å². The molecule has 0 radical (unpaired) electrons. The molecule has 1 heterocycles. The fraction of sp³-hybridized carbons (Fsp3) is 0.154. The molecule has 0 aliphatic carbocycles. The van der Waals surface area contributed by atoms with Crippen LogP contribution < -0.4 is 10.1 Å². The molecule has 178 valence electrons. The fourth-order valence-corrected chi connectivity index (χ4v) is 4.48. The first kappa shape index (κ1) is 24.2. The van der Waals surface area contributed by atoms with Gasteiger partial charge in [-0.15, -0.1) is 0 Å². The van der Waals surface area contributed by atoms with E-state index < -0.39 is 33.5 Å². The second-order valence-corrected chi connectivity index (χ2v) is 9.02. The molecule has 4 rings (SSSR count). The zero-order chi connectivity index (χ0) is 24.8. The van der Waals surface area contributed by atoms with E-state index in [-0.39, 0.29) is 25.2 Å². The van der Waals surface area contributed by atoms with Gasteiger partial charge in [-0.05, 0) is 47.2 Å². The van der Waals surface area contributed by atoms with Crippen molar-refractivity contribution in [3.05, 3.63) is 101 Å². The molecule has 1 aliphatic rings. The minimum atomic E-state index is -1.75. The number of amides is 2. The van der Waals surface area contributed by atoms with Crippen molar-refractivity contribution in [2.45, 2.75) is 17.8 Å². The average Bonchev–Trinajstić information content (AvgIpc) is 3.16. The van der Waals surface area contributed by atoms with Crippen LogP contribution in [0.3, 0.4) is 0 Å². The highest BCUT2D eigenvalue weighted by atomic mass is 32.2. The van der Waals surface area contributed by atoms with Crippen molar-refractivity contribution in [1.29, 1.82) is 0 Å². The van der Waals surface area contributed by atoms with Gasteiger partial charge in [-0.3, -0.25) is 19.7 Å². The van der Waals surface area contributed by atoms with Crippen LogP contribution in [0.5, 0.6) is 5.75 Å². The molecule has 0 aromatic heterocycles. The zero-order valence-electron chi connectivity index (χ0n) is 18.4. The standard InChI is InChI=1S/C26H20FNO6S/c27-21-9-5-4-8-20(21)22(29)16-33-19-12-10-17(11-13-19)14-26(23(30)28-25(32)35-26)24(31)34-15-18-6-2-1-3-7-18/h1-13H,14-16H2,(H,28,30,32). The number of carbonyl (C=O) groups excluding carboxylic acids is 4. The Labute approximate surface area is 204 Å². The third kappa shape index (κ3) is 5.58. The minimum absolute atomic E-state index is 0.0354. The molecule has 1 atom stereocenters. The summed E-state index contributed by atoms with van der Waals surface area (Å²) in [6, 6.07) is 21.0. The van der Waals surface area contributed by atoms with Crippen LogP contribution in [-0.2, 0) is 27.4 Å². The van der Waals surface area contributed by atoms with Crippen molar-refractivity contribution in [1.82, 2.24) is 5.32 Å². The highest BCUT2D eigenvalue weighted by Gasteiger charge is 2.55. The Bertz CT molecular complexity index is 1260. The van der Waals surface area contributed by atoms with Gasteiger partial charge in [-0.1, -0.05) is 54.6 Å². The van der Waals surface area contributed by atoms with E-state index in [0.29, 0.717) is 23.1 Å². The summed E-state index contributed by atoms with van der Waals surface area (Å²) < 4.78 is 22.8. The van der Waals surface area contributed by atoms with Crippen molar-refractivity contribution in [2.24, 2.45) is 0 Å². The Kier molecular flexibility index (Phi) is 7.26. The lowest BCUT2D eigenvalue weighted by Gasteiger charge is -2.22. The number of Topliss-reactive ketones (excluding diaryl/α,β-unsaturated/α-hetero) is 1. The van der Waals surface area contributed by atoms with E-state index >= 15 is 0 Å². The zero-order valence-corrected chi connectivity index (χ0v) is 19.2. The summed E-state index contributed by atoms with van der Waals surface area (Å²) in [6.07, 6.45) is -0.0860. The van der Waals surface area contributed by atoms with Gasteiger partial charge in [0.15, 0.2) is 6.61 Å². The van der Waals surface area contributed by atoms with E-state index in [1.165, 1.54) is 18.2 Å². The average molecular weight is 494 g/mol. The Morgan fingerprint density at radius 3 is 2.23 bits per heavy atom. The molecule has 1 unspecified atom stereocenters. The molecule has 7 nitrogen and oxygen atoms in total. The van der Waals surface area contributed by atoms with Crippen LogP contribution in [0.2, 0.25) is 0 Å². The molecule has 1 fully saturated rings. The normalized spacial score (nSPS) is 17.1. The molecule has 0 spiro atoms. The number of hydrogen-bond donors (Lipinski definition) is 1. The van der Waals surface area contributed by atoms with E-state index in [1.807, 2.05) is 6.07 Å². The lowest BCUT2D eigenvalue weighted by molar-refractivity contribution is -0.150. The van der Waals surface area contributed by atoms with Gasteiger partial charge in [0.1, 0.15) is 18.2 Å². The van der Waals surface area contributed by atoms with Gasteiger partial charge < -0.3 is 9.47 Å². The van der Waals surface area contributed by atoms with Gasteiger partial charge in [0.2, 0.25) is 10.5 Å². The SMILES string of the molecule is O=C1NC(=O)C(Cc2ccc(OCC(=O)c3ccccc3F)cc2)(C(=O)OCc2ccccc2)S1. The van der Waals surface area contributed by atoms with E-state index in [1.54, 1.807) is 54.6 Å². The molecule has 1 saturated heterocycles. The Morgan fingerprint density at radius 2 is 1.57 bits per heavy atom. The van der Waals surface area contributed by atoms with Crippen LogP contribution in [0.15, 0.2) is 78.9 Å². The predicted octanol–water partition coefficient (Wildman–Crippen LogP) is 4.10. The Hall–Kier alpha value is -3.98. The predicted molar refractivity (Wildman–Crippen MR) is 126 cm³/mol. The summed E-state index contributed by atoms with van der Waals surface area (Å²) in [5, 5.41) is 1.54. The number of benzene rings is 3. The van der Waals surface area contributed by atoms with Crippen LogP contribution in [-0.4, -0.2) is 34.3 Å². The molecule has 0 bridgehead atoms. The summed E-state index contributed by atoms with van der Waals surface area (Å²) in [4.78, 5) is 49.7. The van der Waals surface area contributed by atoms with Crippen molar-refractivity contribution in [3.63, 3.8) is 0 Å². The maximum atomic E-state index is 13.8. The summed E-state index contributed by atoms with van der Waals surface area (Å²) in [5.74, 6) is -2.33.